The number of nitrogens with zero attached hydrogens (tertiary/aromatic N) is 4. The van der Waals surface area contributed by atoms with Gasteiger partial charge in [-0.1, -0.05) is 133 Å². The molecule has 0 atom stereocenters. The summed E-state index contributed by atoms with van der Waals surface area (Å²) in [6.07, 6.45) is 3.80. The Morgan fingerprint density at radius 3 is 1.01 bits per heavy atom. The number of fused-ring (bicyclic) bond motifs is 14. The van der Waals surface area contributed by atoms with E-state index in [0.29, 0.717) is 0 Å². The summed E-state index contributed by atoms with van der Waals surface area (Å²) in [7, 11) is 0. The highest BCUT2D eigenvalue weighted by Gasteiger charge is 2.23. The largest absolute Gasteiger partial charge is 0.308 e. The lowest BCUT2D eigenvalue weighted by molar-refractivity contribution is 1.18. The summed E-state index contributed by atoms with van der Waals surface area (Å²) in [5.74, 6) is 0. The van der Waals surface area contributed by atoms with Gasteiger partial charge >= 0.3 is 0 Å². The number of rotatable bonds is 5. The molecule has 0 amide bonds. The molecule has 0 N–H and O–H groups in total. The zero-order chi connectivity index (χ0) is 44.7. The highest BCUT2D eigenvalue weighted by atomic mass is 15.0. The molecule has 4 heteroatoms. The van der Waals surface area contributed by atoms with Crippen molar-refractivity contribution in [1.82, 2.24) is 19.1 Å². The molecule has 0 bridgehead atoms. The first-order valence-electron chi connectivity index (χ1n) is 23.2. The maximum atomic E-state index is 4.97. The molecule has 68 heavy (non-hydrogen) atoms. The molecule has 0 radical (unpaired) electrons. The van der Waals surface area contributed by atoms with Gasteiger partial charge < -0.3 is 9.13 Å². The van der Waals surface area contributed by atoms with Crippen molar-refractivity contribution in [1.29, 1.82) is 0 Å². The molecule has 0 aliphatic heterocycles. The fourth-order valence-corrected chi connectivity index (χ4v) is 10.9. The van der Waals surface area contributed by atoms with Gasteiger partial charge in [-0.3, -0.25) is 9.97 Å². The minimum absolute atomic E-state index is 0.986. The summed E-state index contributed by atoms with van der Waals surface area (Å²) >= 11 is 0. The number of pyridine rings is 2. The van der Waals surface area contributed by atoms with Crippen LogP contribution in [0.1, 0.15) is 0 Å². The average Bonchev–Trinajstić information content (AvgIpc) is 3.93. The van der Waals surface area contributed by atoms with E-state index in [-0.39, 0.29) is 0 Å². The minimum Gasteiger partial charge on any atom is -0.308 e. The third-order valence-electron chi connectivity index (χ3n) is 14.0. The normalized spacial score (nSPS) is 11.8. The van der Waals surface area contributed by atoms with E-state index >= 15 is 0 Å². The Hall–Kier alpha value is -9.12. The van der Waals surface area contributed by atoms with E-state index in [1.807, 2.05) is 24.5 Å². The second-order valence-corrected chi connectivity index (χ2v) is 17.7. The van der Waals surface area contributed by atoms with Crippen LogP contribution in [0.15, 0.2) is 243 Å². The monoisotopic (exact) mass is 864 g/mol. The number of hydrogen-bond acceptors (Lipinski definition) is 2. The van der Waals surface area contributed by atoms with Crippen molar-refractivity contribution in [2.45, 2.75) is 0 Å². The van der Waals surface area contributed by atoms with Gasteiger partial charge in [-0.2, -0.15) is 0 Å². The molecule has 14 rings (SSSR count). The SMILES string of the molecule is c1ccc(-n2c3ccc(-c4cc(-c5ccc6c(c5)-c5ccccc5-c5ccccc5-c5ccccc5-6)cc(-c5ccc6c(c5)c5ncccc5n6-c5ccccc5)c4)cc3c3ncccc32)cc1. The quantitative estimate of drug-likeness (QED) is 0.173. The lowest BCUT2D eigenvalue weighted by Crippen LogP contribution is -1.97. The zero-order valence-corrected chi connectivity index (χ0v) is 36.9. The second-order valence-electron chi connectivity index (χ2n) is 17.7. The minimum atomic E-state index is 0.986. The first-order valence-corrected chi connectivity index (χ1v) is 23.2. The summed E-state index contributed by atoms with van der Waals surface area (Å²) in [5.41, 5.74) is 25.3. The average molecular weight is 865 g/mol. The predicted molar refractivity (Wildman–Crippen MR) is 282 cm³/mol. The van der Waals surface area contributed by atoms with Crippen LogP contribution in [0.5, 0.6) is 0 Å². The number of hydrogen-bond donors (Lipinski definition) is 0. The van der Waals surface area contributed by atoms with Crippen molar-refractivity contribution in [3.63, 3.8) is 0 Å². The Balaban J connectivity index is 1.01. The molecule has 0 fully saturated rings. The lowest BCUT2D eigenvalue weighted by atomic mass is 9.80. The molecule has 0 saturated heterocycles. The first kappa shape index (κ1) is 38.2. The Morgan fingerprint density at radius 1 is 0.235 bits per heavy atom. The van der Waals surface area contributed by atoms with Crippen LogP contribution in [-0.4, -0.2) is 19.1 Å². The maximum Gasteiger partial charge on any atom is 0.0963 e. The van der Waals surface area contributed by atoms with Crippen LogP contribution in [0.25, 0.3) is 133 Å². The van der Waals surface area contributed by atoms with E-state index in [2.05, 4.69) is 228 Å². The molecule has 0 spiro atoms. The number of aromatic nitrogens is 4. The van der Waals surface area contributed by atoms with E-state index in [9.17, 15) is 0 Å². The van der Waals surface area contributed by atoms with Crippen LogP contribution < -0.4 is 0 Å². The molecule has 9 aromatic carbocycles. The molecular formula is C64H40N4. The molecule has 0 unspecified atom stereocenters. The van der Waals surface area contributed by atoms with Crippen molar-refractivity contribution < 1.29 is 0 Å². The topological polar surface area (TPSA) is 35.6 Å². The van der Waals surface area contributed by atoms with E-state index < -0.39 is 0 Å². The van der Waals surface area contributed by atoms with Gasteiger partial charge in [0.15, 0.2) is 0 Å². The van der Waals surface area contributed by atoms with Crippen molar-refractivity contribution in [2.75, 3.05) is 0 Å². The van der Waals surface area contributed by atoms with Gasteiger partial charge in [-0.05, 0) is 175 Å². The van der Waals surface area contributed by atoms with Crippen LogP contribution >= 0.6 is 0 Å². The maximum absolute atomic E-state index is 4.97. The standard InChI is InChI=1S/C64H40N4/c1-3-15-47(16-4-1)67-59-31-28-42(39-57(59)63-61(67)25-13-33-65-63)45-35-44(36-46(37-45)43-29-32-60-58(40-43)64-62(26-14-34-66-64)68(60)48-17-5-2-6-18-48)41-27-30-55-53-23-10-9-21-51(53)49-19-7-8-20-50(49)52-22-11-12-24-54(52)56(55)38-41/h1-40H. The summed E-state index contributed by atoms with van der Waals surface area (Å²) in [6, 6.07) is 84.1. The van der Waals surface area contributed by atoms with Crippen LogP contribution in [0, 0.1) is 0 Å². The smallest absolute Gasteiger partial charge is 0.0963 e. The van der Waals surface area contributed by atoms with Gasteiger partial charge in [0.25, 0.3) is 0 Å². The lowest BCUT2D eigenvalue weighted by Gasteiger charge is -2.23. The fourth-order valence-electron chi connectivity index (χ4n) is 10.9. The molecule has 1 aliphatic rings. The van der Waals surface area contributed by atoms with Gasteiger partial charge in [0, 0.05) is 34.5 Å². The zero-order valence-electron chi connectivity index (χ0n) is 36.9. The third kappa shape index (κ3) is 5.94. The number of benzene rings is 9. The second kappa shape index (κ2) is 15.2. The summed E-state index contributed by atoms with van der Waals surface area (Å²) < 4.78 is 4.65. The first-order chi connectivity index (χ1) is 33.7. The summed E-state index contributed by atoms with van der Waals surface area (Å²) in [5, 5.41) is 2.23. The number of para-hydroxylation sites is 2. The highest BCUT2D eigenvalue weighted by molar-refractivity contribution is 6.10. The third-order valence-corrected chi connectivity index (χ3v) is 14.0. The van der Waals surface area contributed by atoms with Gasteiger partial charge in [-0.15, -0.1) is 0 Å². The van der Waals surface area contributed by atoms with Crippen molar-refractivity contribution in [3.8, 4) is 89.3 Å². The van der Waals surface area contributed by atoms with E-state index in [1.165, 1.54) is 44.5 Å². The van der Waals surface area contributed by atoms with E-state index in [1.54, 1.807) is 0 Å². The van der Waals surface area contributed by atoms with Gasteiger partial charge in [-0.25, -0.2) is 0 Å². The Labute approximate surface area is 393 Å². The molecule has 0 saturated carbocycles. The molecule has 4 heterocycles. The van der Waals surface area contributed by atoms with Crippen molar-refractivity contribution >= 4 is 43.9 Å². The van der Waals surface area contributed by atoms with Crippen molar-refractivity contribution in [2.24, 2.45) is 0 Å². The van der Waals surface area contributed by atoms with E-state index in [0.717, 1.165) is 88.6 Å². The van der Waals surface area contributed by atoms with Crippen LogP contribution in [-0.2, 0) is 0 Å². The van der Waals surface area contributed by atoms with E-state index in [4.69, 9.17) is 9.97 Å². The predicted octanol–water partition coefficient (Wildman–Crippen LogP) is 16.7. The van der Waals surface area contributed by atoms with Crippen molar-refractivity contribution in [3.05, 3.63) is 243 Å². The molecule has 4 aromatic heterocycles. The summed E-state index contributed by atoms with van der Waals surface area (Å²) in [4.78, 5) is 9.95. The van der Waals surface area contributed by atoms with Crippen LogP contribution in [0.2, 0.25) is 0 Å². The molecule has 13 aromatic rings. The van der Waals surface area contributed by atoms with Gasteiger partial charge in [0.05, 0.1) is 33.1 Å². The Bertz CT molecular complexity index is 3960. The van der Waals surface area contributed by atoms with Crippen LogP contribution in [0.3, 0.4) is 0 Å². The highest BCUT2D eigenvalue weighted by Crippen LogP contribution is 2.49. The van der Waals surface area contributed by atoms with Gasteiger partial charge in [0.1, 0.15) is 0 Å². The Morgan fingerprint density at radius 2 is 0.588 bits per heavy atom. The molecular weight excluding hydrogens is 825 g/mol. The molecule has 316 valence electrons. The fraction of sp³-hybridized carbons (Fsp3) is 0. The molecule has 1 aliphatic carbocycles. The summed E-state index contributed by atoms with van der Waals surface area (Å²) in [6.45, 7) is 0. The van der Waals surface area contributed by atoms with Gasteiger partial charge in [0.2, 0.25) is 0 Å². The van der Waals surface area contributed by atoms with Crippen LogP contribution in [0.4, 0.5) is 0 Å². The molecule has 4 nitrogen and oxygen atoms in total. The Kier molecular flexibility index (Phi) is 8.55.